The maximum Gasteiger partial charge on any atom is 0.257 e. The summed E-state index contributed by atoms with van der Waals surface area (Å²) in [7, 11) is 0. The Labute approximate surface area is 181 Å². The minimum atomic E-state index is 0.0352. The lowest BCUT2D eigenvalue weighted by atomic mass is 9.99. The molecule has 5 heteroatoms. The molecule has 1 aliphatic carbocycles. The molecule has 0 N–H and O–H groups in total. The highest BCUT2D eigenvalue weighted by atomic mass is 16.5. The molecule has 0 unspecified atom stereocenters. The molecule has 0 aromatic heterocycles. The second kappa shape index (κ2) is 10.8. The fourth-order valence-electron chi connectivity index (χ4n) is 4.82. The second-order valence-corrected chi connectivity index (χ2v) is 9.20. The zero-order chi connectivity index (χ0) is 21.5. The van der Waals surface area contributed by atoms with E-state index in [9.17, 15) is 9.59 Å². The number of hydrogen-bond acceptors (Lipinski definition) is 3. The van der Waals surface area contributed by atoms with Crippen LogP contribution in [0, 0.1) is 11.8 Å². The Morgan fingerprint density at radius 2 is 1.80 bits per heavy atom. The highest BCUT2D eigenvalue weighted by Crippen LogP contribution is 2.29. The molecule has 3 rings (SSSR count). The first kappa shape index (κ1) is 22.6. The molecule has 0 saturated heterocycles. The van der Waals surface area contributed by atoms with Crippen molar-refractivity contribution in [1.29, 1.82) is 0 Å². The first-order valence-electron chi connectivity index (χ1n) is 11.8. The van der Waals surface area contributed by atoms with Gasteiger partial charge in [0.05, 0.1) is 11.6 Å². The predicted molar refractivity (Wildman–Crippen MR) is 120 cm³/mol. The van der Waals surface area contributed by atoms with Gasteiger partial charge < -0.3 is 14.5 Å². The van der Waals surface area contributed by atoms with Crippen LogP contribution in [0.25, 0.3) is 0 Å². The van der Waals surface area contributed by atoms with Crippen LogP contribution in [-0.4, -0.2) is 53.9 Å². The number of ether oxygens (including phenoxy) is 1. The predicted octanol–water partition coefficient (Wildman–Crippen LogP) is 4.75. The van der Waals surface area contributed by atoms with Gasteiger partial charge in [0.1, 0.15) is 12.4 Å². The molecule has 1 heterocycles. The molecule has 1 fully saturated rings. The highest BCUT2D eigenvalue weighted by molar-refractivity contribution is 5.97. The van der Waals surface area contributed by atoms with Gasteiger partial charge in [-0.3, -0.25) is 9.59 Å². The Bertz CT molecular complexity index is 712. The fourth-order valence-corrected chi connectivity index (χ4v) is 4.82. The van der Waals surface area contributed by atoms with E-state index in [0.717, 1.165) is 51.5 Å². The molecule has 0 radical (unpaired) electrons. The van der Waals surface area contributed by atoms with Gasteiger partial charge >= 0.3 is 0 Å². The molecule has 1 atom stereocenters. The normalized spacial score (nSPS) is 21.7. The third-order valence-corrected chi connectivity index (χ3v) is 6.47. The van der Waals surface area contributed by atoms with Gasteiger partial charge in [-0.25, -0.2) is 0 Å². The van der Waals surface area contributed by atoms with Crippen molar-refractivity contribution in [2.75, 3.05) is 26.2 Å². The molecule has 1 saturated carbocycles. The minimum absolute atomic E-state index is 0.0352. The van der Waals surface area contributed by atoms with Crippen molar-refractivity contribution in [3.05, 3.63) is 29.8 Å². The van der Waals surface area contributed by atoms with E-state index < -0.39 is 0 Å². The average Bonchev–Trinajstić information content (AvgIpc) is 3.27. The first-order valence-corrected chi connectivity index (χ1v) is 11.8. The minimum Gasteiger partial charge on any atom is -0.491 e. The Balaban J connectivity index is 1.88. The summed E-state index contributed by atoms with van der Waals surface area (Å²) in [6.45, 7) is 8.99. The van der Waals surface area contributed by atoms with Crippen molar-refractivity contribution in [3.63, 3.8) is 0 Å². The molecular weight excluding hydrogens is 376 g/mol. The van der Waals surface area contributed by atoms with E-state index in [1.54, 1.807) is 0 Å². The number of amides is 2. The van der Waals surface area contributed by atoms with Crippen molar-refractivity contribution >= 4 is 11.8 Å². The molecule has 1 aliphatic heterocycles. The summed E-state index contributed by atoms with van der Waals surface area (Å²) in [6.07, 6.45) is 7.10. The third kappa shape index (κ3) is 5.55. The summed E-state index contributed by atoms with van der Waals surface area (Å²) in [5, 5.41) is 0. The quantitative estimate of drug-likeness (QED) is 0.714. The van der Waals surface area contributed by atoms with E-state index in [0.29, 0.717) is 42.8 Å². The van der Waals surface area contributed by atoms with Crippen molar-refractivity contribution in [2.24, 2.45) is 11.8 Å². The molecule has 2 aliphatic rings. The SMILES string of the molecule is CCN1CCCCN(C(=O)C2CCCC2)[C@@H](CC(C)C)COc2ccccc2C1=O. The van der Waals surface area contributed by atoms with E-state index in [2.05, 4.69) is 18.7 Å². The number of para-hydroxylation sites is 1. The smallest absolute Gasteiger partial charge is 0.257 e. The van der Waals surface area contributed by atoms with Gasteiger partial charge in [0.25, 0.3) is 5.91 Å². The summed E-state index contributed by atoms with van der Waals surface area (Å²) >= 11 is 0. The van der Waals surface area contributed by atoms with E-state index in [1.807, 2.05) is 36.1 Å². The third-order valence-electron chi connectivity index (χ3n) is 6.47. The molecule has 0 spiro atoms. The van der Waals surface area contributed by atoms with Crippen molar-refractivity contribution in [2.45, 2.75) is 71.8 Å². The molecule has 1 aromatic carbocycles. The summed E-state index contributed by atoms with van der Waals surface area (Å²) in [6, 6.07) is 7.57. The van der Waals surface area contributed by atoms with Gasteiger partial charge in [0.2, 0.25) is 5.91 Å². The van der Waals surface area contributed by atoms with Crippen molar-refractivity contribution in [3.8, 4) is 5.75 Å². The van der Waals surface area contributed by atoms with Crippen LogP contribution in [0.5, 0.6) is 5.75 Å². The van der Waals surface area contributed by atoms with Crippen LogP contribution < -0.4 is 4.74 Å². The number of hydrogen-bond donors (Lipinski definition) is 0. The maximum absolute atomic E-state index is 13.4. The van der Waals surface area contributed by atoms with E-state index in [-0.39, 0.29) is 17.9 Å². The highest BCUT2D eigenvalue weighted by Gasteiger charge is 2.32. The largest absolute Gasteiger partial charge is 0.491 e. The monoisotopic (exact) mass is 414 g/mol. The van der Waals surface area contributed by atoms with Gasteiger partial charge in [-0.1, -0.05) is 38.8 Å². The Hall–Kier alpha value is -2.04. The molecule has 1 aromatic rings. The van der Waals surface area contributed by atoms with Gasteiger partial charge in [0.15, 0.2) is 0 Å². The van der Waals surface area contributed by atoms with Gasteiger partial charge in [0, 0.05) is 25.6 Å². The Morgan fingerprint density at radius 1 is 1.10 bits per heavy atom. The number of benzene rings is 1. The summed E-state index contributed by atoms with van der Waals surface area (Å²) < 4.78 is 6.24. The molecule has 30 heavy (non-hydrogen) atoms. The van der Waals surface area contributed by atoms with E-state index >= 15 is 0 Å². The van der Waals surface area contributed by atoms with E-state index in [1.165, 1.54) is 0 Å². The van der Waals surface area contributed by atoms with Crippen LogP contribution in [0.1, 0.15) is 76.1 Å². The number of carbonyl (C=O) groups excluding carboxylic acids is 2. The molecule has 166 valence electrons. The Morgan fingerprint density at radius 3 is 2.50 bits per heavy atom. The second-order valence-electron chi connectivity index (χ2n) is 9.20. The number of nitrogens with zero attached hydrogens (tertiary/aromatic N) is 2. The summed E-state index contributed by atoms with van der Waals surface area (Å²) in [5.41, 5.74) is 0.622. The molecule has 0 bridgehead atoms. The zero-order valence-electron chi connectivity index (χ0n) is 18.9. The van der Waals surface area contributed by atoms with Crippen LogP contribution in [0.4, 0.5) is 0 Å². The van der Waals surface area contributed by atoms with Gasteiger partial charge in [-0.2, -0.15) is 0 Å². The number of rotatable bonds is 4. The van der Waals surface area contributed by atoms with Crippen LogP contribution in [0.3, 0.4) is 0 Å². The molecule has 2 amide bonds. The number of carbonyl (C=O) groups is 2. The molecular formula is C25H38N2O3. The van der Waals surface area contributed by atoms with Crippen LogP contribution >= 0.6 is 0 Å². The lowest BCUT2D eigenvalue weighted by molar-refractivity contribution is -0.139. The standard InChI is InChI=1S/C25H38N2O3/c1-4-26-15-9-10-16-27(24(28)20-11-5-6-12-20)21(17-19(2)3)18-30-23-14-8-7-13-22(23)25(26)29/h7-8,13-14,19-21H,4-6,9-12,15-18H2,1-3H3/t21-/m0/s1. The lowest BCUT2D eigenvalue weighted by Crippen LogP contribution is -2.47. The first-order chi connectivity index (χ1) is 14.5. The van der Waals surface area contributed by atoms with Crippen LogP contribution in [-0.2, 0) is 4.79 Å². The molecule has 5 nitrogen and oxygen atoms in total. The van der Waals surface area contributed by atoms with E-state index in [4.69, 9.17) is 4.74 Å². The number of fused-ring (bicyclic) bond motifs is 1. The lowest BCUT2D eigenvalue weighted by Gasteiger charge is -2.35. The van der Waals surface area contributed by atoms with Gasteiger partial charge in [-0.15, -0.1) is 0 Å². The van der Waals surface area contributed by atoms with Gasteiger partial charge in [-0.05, 0) is 57.1 Å². The van der Waals surface area contributed by atoms with Crippen LogP contribution in [0.2, 0.25) is 0 Å². The topological polar surface area (TPSA) is 49.9 Å². The van der Waals surface area contributed by atoms with Crippen molar-refractivity contribution < 1.29 is 14.3 Å². The van der Waals surface area contributed by atoms with Crippen LogP contribution in [0.15, 0.2) is 24.3 Å². The summed E-state index contributed by atoms with van der Waals surface area (Å²) in [5.74, 6) is 1.62. The average molecular weight is 415 g/mol. The maximum atomic E-state index is 13.4. The van der Waals surface area contributed by atoms with Crippen molar-refractivity contribution in [1.82, 2.24) is 9.80 Å². The zero-order valence-corrected chi connectivity index (χ0v) is 18.9. The fraction of sp³-hybridized carbons (Fsp3) is 0.680. The summed E-state index contributed by atoms with van der Waals surface area (Å²) in [4.78, 5) is 30.5. The Kier molecular flexibility index (Phi) is 8.17.